The van der Waals surface area contributed by atoms with Crippen molar-refractivity contribution in [3.8, 4) is 0 Å². The molecular weight excluding hydrogens is 266 g/mol. The molecule has 1 fully saturated rings. The highest BCUT2D eigenvalue weighted by atomic mass is 35.5. The van der Waals surface area contributed by atoms with Crippen LogP contribution in [-0.4, -0.2) is 17.1 Å². The van der Waals surface area contributed by atoms with Gasteiger partial charge in [-0.15, -0.1) is 0 Å². The lowest BCUT2D eigenvalue weighted by Crippen LogP contribution is -2.42. The molecule has 2 aromatic rings. The molecule has 1 aliphatic rings. The van der Waals surface area contributed by atoms with Crippen LogP contribution in [0.2, 0.25) is 5.02 Å². The summed E-state index contributed by atoms with van der Waals surface area (Å²) in [4.78, 5) is 11.0. The van der Waals surface area contributed by atoms with Crippen LogP contribution in [0, 0.1) is 0 Å². The second kappa shape index (κ2) is 4.87. The number of furan rings is 1. The molecule has 2 heterocycles. The van der Waals surface area contributed by atoms with Crippen LogP contribution < -0.4 is 5.32 Å². The van der Waals surface area contributed by atoms with E-state index in [4.69, 9.17) is 21.1 Å². The van der Waals surface area contributed by atoms with E-state index in [0.717, 1.165) is 29.6 Å². The van der Waals surface area contributed by atoms with Crippen LogP contribution in [0.5, 0.6) is 0 Å². The first-order valence-electron chi connectivity index (χ1n) is 6.31. The summed E-state index contributed by atoms with van der Waals surface area (Å²) >= 11 is 5.94. The molecule has 2 atom stereocenters. The second-order valence-corrected chi connectivity index (χ2v) is 5.31. The van der Waals surface area contributed by atoms with Crippen molar-refractivity contribution in [2.24, 2.45) is 0 Å². The summed E-state index contributed by atoms with van der Waals surface area (Å²) in [6.45, 7) is 0. The number of fused-ring (bicyclic) bond motifs is 1. The molecule has 1 aliphatic heterocycles. The van der Waals surface area contributed by atoms with E-state index in [0.29, 0.717) is 11.4 Å². The highest BCUT2D eigenvalue weighted by Crippen LogP contribution is 2.31. The van der Waals surface area contributed by atoms with Crippen molar-refractivity contribution in [1.82, 2.24) is 5.32 Å². The molecule has 0 aliphatic carbocycles. The van der Waals surface area contributed by atoms with E-state index in [1.165, 1.54) is 0 Å². The van der Waals surface area contributed by atoms with Crippen molar-refractivity contribution in [1.29, 1.82) is 0 Å². The summed E-state index contributed by atoms with van der Waals surface area (Å²) in [6.07, 6.45) is 2.43. The van der Waals surface area contributed by atoms with E-state index in [9.17, 15) is 4.79 Å². The van der Waals surface area contributed by atoms with Crippen LogP contribution in [-0.2, 0) is 4.79 Å². The molecule has 2 N–H and O–H groups in total. The third-order valence-corrected chi connectivity index (χ3v) is 3.76. The van der Waals surface area contributed by atoms with E-state index in [1.807, 2.05) is 18.2 Å². The number of piperidine rings is 1. The molecule has 100 valence electrons. The van der Waals surface area contributed by atoms with Crippen LogP contribution in [0.3, 0.4) is 0 Å². The van der Waals surface area contributed by atoms with Crippen LogP contribution in [0.25, 0.3) is 11.0 Å². The van der Waals surface area contributed by atoms with Gasteiger partial charge < -0.3 is 9.52 Å². The lowest BCUT2D eigenvalue weighted by atomic mass is 9.97. The average molecular weight is 280 g/mol. The van der Waals surface area contributed by atoms with Gasteiger partial charge in [0.15, 0.2) is 0 Å². The maximum absolute atomic E-state index is 11.0. The number of carboxylic acid groups (broad SMARTS) is 1. The molecule has 1 aromatic heterocycles. The number of nitrogens with one attached hydrogen (secondary N) is 1. The summed E-state index contributed by atoms with van der Waals surface area (Å²) in [5, 5.41) is 13.8. The van der Waals surface area contributed by atoms with Gasteiger partial charge in [-0.05, 0) is 43.5 Å². The van der Waals surface area contributed by atoms with Gasteiger partial charge in [0.05, 0.1) is 6.04 Å². The lowest BCUT2D eigenvalue weighted by Gasteiger charge is -2.26. The number of benzene rings is 1. The number of aliphatic carboxylic acids is 1. The van der Waals surface area contributed by atoms with E-state index in [-0.39, 0.29) is 6.04 Å². The Hall–Kier alpha value is -1.52. The van der Waals surface area contributed by atoms with Crippen LogP contribution in [0.15, 0.2) is 28.7 Å². The third-order valence-electron chi connectivity index (χ3n) is 3.53. The van der Waals surface area contributed by atoms with Crippen molar-refractivity contribution < 1.29 is 14.3 Å². The molecule has 1 saturated heterocycles. The maximum Gasteiger partial charge on any atom is 0.320 e. The van der Waals surface area contributed by atoms with Gasteiger partial charge in [0, 0.05) is 10.4 Å². The molecule has 0 radical (unpaired) electrons. The van der Waals surface area contributed by atoms with Gasteiger partial charge in [0.1, 0.15) is 17.4 Å². The first-order chi connectivity index (χ1) is 9.13. The van der Waals surface area contributed by atoms with Gasteiger partial charge in [-0.25, -0.2) is 0 Å². The average Bonchev–Trinajstić information content (AvgIpc) is 2.81. The summed E-state index contributed by atoms with van der Waals surface area (Å²) < 4.78 is 5.78. The van der Waals surface area contributed by atoms with Gasteiger partial charge in [-0.2, -0.15) is 0 Å². The molecule has 0 bridgehead atoms. The normalized spacial score (nSPS) is 23.6. The van der Waals surface area contributed by atoms with Gasteiger partial charge >= 0.3 is 5.97 Å². The fraction of sp³-hybridized carbons (Fsp3) is 0.357. The van der Waals surface area contributed by atoms with Crippen LogP contribution in [0.1, 0.15) is 31.1 Å². The predicted molar refractivity (Wildman–Crippen MR) is 72.4 cm³/mol. The van der Waals surface area contributed by atoms with Crippen molar-refractivity contribution >= 4 is 28.5 Å². The molecule has 2 unspecified atom stereocenters. The Morgan fingerprint density at radius 2 is 2.21 bits per heavy atom. The van der Waals surface area contributed by atoms with Crippen molar-refractivity contribution in [2.45, 2.75) is 31.3 Å². The summed E-state index contributed by atoms with van der Waals surface area (Å²) in [5.41, 5.74) is 0.777. The molecule has 5 heteroatoms. The monoisotopic (exact) mass is 279 g/mol. The summed E-state index contributed by atoms with van der Waals surface area (Å²) in [7, 11) is 0. The van der Waals surface area contributed by atoms with Gasteiger partial charge in [-0.1, -0.05) is 11.6 Å². The first-order valence-corrected chi connectivity index (χ1v) is 6.69. The zero-order valence-electron chi connectivity index (χ0n) is 10.2. The molecule has 0 saturated carbocycles. The number of hydrogen-bond acceptors (Lipinski definition) is 3. The number of hydrogen-bond donors (Lipinski definition) is 2. The standard InChI is InChI=1S/C14H14ClNO3/c15-9-4-5-12-8(6-9)7-13(19-12)10-2-1-3-11(16-10)14(17)18/h4-7,10-11,16H,1-3H2,(H,17,18). The minimum atomic E-state index is -0.802. The zero-order chi connectivity index (χ0) is 13.4. The summed E-state index contributed by atoms with van der Waals surface area (Å²) in [5.74, 6) is -0.0212. The molecule has 19 heavy (non-hydrogen) atoms. The number of carboxylic acids is 1. The second-order valence-electron chi connectivity index (χ2n) is 4.87. The Bertz CT molecular complexity index is 622. The topological polar surface area (TPSA) is 62.5 Å². The summed E-state index contributed by atoms with van der Waals surface area (Å²) in [6, 6.07) is 6.87. The SMILES string of the molecule is O=C(O)C1CCCC(c2cc3cc(Cl)ccc3o2)N1. The molecule has 0 amide bonds. The molecule has 4 nitrogen and oxygen atoms in total. The Labute approximate surface area is 115 Å². The molecule has 3 rings (SSSR count). The van der Waals surface area contributed by atoms with E-state index in [1.54, 1.807) is 6.07 Å². The van der Waals surface area contributed by atoms with Crippen molar-refractivity contribution in [2.75, 3.05) is 0 Å². The largest absolute Gasteiger partial charge is 0.480 e. The predicted octanol–water partition coefficient (Wildman–Crippen LogP) is 3.35. The molecule has 1 aromatic carbocycles. The fourth-order valence-electron chi connectivity index (χ4n) is 2.56. The van der Waals surface area contributed by atoms with E-state index in [2.05, 4.69) is 5.32 Å². The Balaban J connectivity index is 1.89. The fourth-order valence-corrected chi connectivity index (χ4v) is 2.74. The van der Waals surface area contributed by atoms with Gasteiger partial charge in [0.25, 0.3) is 0 Å². The zero-order valence-corrected chi connectivity index (χ0v) is 11.0. The maximum atomic E-state index is 11.0. The number of halogens is 1. The quantitative estimate of drug-likeness (QED) is 0.885. The third kappa shape index (κ3) is 2.46. The van der Waals surface area contributed by atoms with Crippen molar-refractivity contribution in [3.05, 3.63) is 35.0 Å². The highest BCUT2D eigenvalue weighted by molar-refractivity contribution is 6.31. The minimum Gasteiger partial charge on any atom is -0.480 e. The van der Waals surface area contributed by atoms with E-state index < -0.39 is 12.0 Å². The Kier molecular flexibility index (Phi) is 3.21. The highest BCUT2D eigenvalue weighted by Gasteiger charge is 2.28. The van der Waals surface area contributed by atoms with Crippen LogP contribution >= 0.6 is 11.6 Å². The van der Waals surface area contributed by atoms with Gasteiger partial charge in [0.2, 0.25) is 0 Å². The minimum absolute atomic E-state index is 0.0407. The van der Waals surface area contributed by atoms with E-state index >= 15 is 0 Å². The molecular formula is C14H14ClNO3. The Morgan fingerprint density at radius 3 is 3.00 bits per heavy atom. The first kappa shape index (κ1) is 12.5. The Morgan fingerprint density at radius 1 is 1.37 bits per heavy atom. The lowest BCUT2D eigenvalue weighted by molar-refractivity contribution is -0.140. The molecule has 0 spiro atoms. The van der Waals surface area contributed by atoms with Gasteiger partial charge in [-0.3, -0.25) is 10.1 Å². The number of carbonyl (C=O) groups is 1. The smallest absolute Gasteiger partial charge is 0.320 e. The van der Waals surface area contributed by atoms with Crippen molar-refractivity contribution in [3.63, 3.8) is 0 Å². The number of rotatable bonds is 2. The van der Waals surface area contributed by atoms with Crippen LogP contribution in [0.4, 0.5) is 0 Å².